The number of hydrogen-bond donors (Lipinski definition) is 0. The van der Waals surface area contributed by atoms with Gasteiger partial charge in [-0.15, -0.1) is 0 Å². The van der Waals surface area contributed by atoms with Crippen LogP contribution in [0.1, 0.15) is 0 Å². The molecule has 21 heavy (non-hydrogen) atoms. The Balaban J connectivity index is 1.78. The van der Waals surface area contributed by atoms with E-state index in [0.29, 0.717) is 0 Å². The van der Waals surface area contributed by atoms with Crippen LogP contribution in [0.15, 0.2) is 24.4 Å². The Bertz CT molecular complexity index is 603. The van der Waals surface area contributed by atoms with Crippen molar-refractivity contribution >= 4 is 10.9 Å². The lowest BCUT2D eigenvalue weighted by Gasteiger charge is -2.26. The molecule has 0 unspecified atom stereocenters. The lowest BCUT2D eigenvalue weighted by Crippen LogP contribution is -2.38. The third-order valence-corrected chi connectivity index (χ3v) is 4.04. The molecule has 1 aromatic heterocycles. The number of ether oxygens (including phenoxy) is 3. The number of methoxy groups -OCH3 is 2. The van der Waals surface area contributed by atoms with Crippen molar-refractivity contribution in [3.05, 3.63) is 24.4 Å². The summed E-state index contributed by atoms with van der Waals surface area (Å²) in [5, 5.41) is 1.18. The van der Waals surface area contributed by atoms with Crippen molar-refractivity contribution in [2.45, 2.75) is 6.54 Å². The summed E-state index contributed by atoms with van der Waals surface area (Å²) in [6.45, 7) is 5.75. The highest BCUT2D eigenvalue weighted by Crippen LogP contribution is 2.32. The minimum absolute atomic E-state index is 0.774. The van der Waals surface area contributed by atoms with Crippen LogP contribution in [0.3, 0.4) is 0 Å². The molecule has 2 aromatic rings. The third kappa shape index (κ3) is 2.99. The third-order valence-electron chi connectivity index (χ3n) is 4.04. The second-order valence-corrected chi connectivity index (χ2v) is 5.23. The van der Waals surface area contributed by atoms with Crippen molar-refractivity contribution in [3.63, 3.8) is 0 Å². The first-order valence-electron chi connectivity index (χ1n) is 7.33. The Morgan fingerprint density at radius 1 is 1.05 bits per heavy atom. The molecule has 0 aliphatic carbocycles. The molecule has 1 aliphatic rings. The quantitative estimate of drug-likeness (QED) is 0.844. The summed E-state index contributed by atoms with van der Waals surface area (Å²) < 4.78 is 18.4. The molecule has 0 N–H and O–H groups in total. The van der Waals surface area contributed by atoms with Gasteiger partial charge in [0.05, 0.1) is 33.0 Å². The van der Waals surface area contributed by atoms with Crippen LogP contribution in [0, 0.1) is 0 Å². The van der Waals surface area contributed by atoms with Crippen molar-refractivity contribution in [3.8, 4) is 11.5 Å². The van der Waals surface area contributed by atoms with Crippen LogP contribution in [-0.2, 0) is 11.3 Å². The molecule has 0 amide bonds. The molecule has 0 saturated carbocycles. The number of benzene rings is 1. The summed E-state index contributed by atoms with van der Waals surface area (Å²) in [6, 6.07) is 6.20. The second-order valence-electron chi connectivity index (χ2n) is 5.23. The van der Waals surface area contributed by atoms with E-state index in [9.17, 15) is 0 Å². The minimum atomic E-state index is 0.774. The standard InChI is InChI=1S/C16H22N2O3/c1-19-15-11-13-3-4-18(14(13)12-16(15)20-2)6-5-17-7-9-21-10-8-17/h3-4,11-12H,5-10H2,1-2H3. The number of fused-ring (bicyclic) bond motifs is 1. The zero-order valence-electron chi connectivity index (χ0n) is 12.7. The maximum atomic E-state index is 5.40. The Labute approximate surface area is 125 Å². The molecule has 0 radical (unpaired) electrons. The molecule has 1 aliphatic heterocycles. The average molecular weight is 290 g/mol. The molecule has 1 fully saturated rings. The highest BCUT2D eigenvalue weighted by molar-refractivity contribution is 5.84. The van der Waals surface area contributed by atoms with Crippen LogP contribution in [-0.4, -0.2) is 56.5 Å². The summed E-state index contributed by atoms with van der Waals surface area (Å²) in [6.07, 6.45) is 2.13. The van der Waals surface area contributed by atoms with Gasteiger partial charge < -0.3 is 18.8 Å². The topological polar surface area (TPSA) is 35.9 Å². The monoisotopic (exact) mass is 290 g/mol. The van der Waals surface area contributed by atoms with Crippen molar-refractivity contribution in [2.75, 3.05) is 47.1 Å². The Hall–Kier alpha value is -1.72. The molecular formula is C16H22N2O3. The molecule has 1 saturated heterocycles. The minimum Gasteiger partial charge on any atom is -0.493 e. The van der Waals surface area contributed by atoms with Crippen molar-refractivity contribution in [2.24, 2.45) is 0 Å². The lowest BCUT2D eigenvalue weighted by molar-refractivity contribution is 0.0365. The average Bonchev–Trinajstić information content (AvgIpc) is 2.94. The van der Waals surface area contributed by atoms with E-state index in [1.165, 1.54) is 10.9 Å². The molecule has 5 nitrogen and oxygen atoms in total. The molecule has 5 heteroatoms. The summed E-state index contributed by atoms with van der Waals surface area (Å²) in [5.74, 6) is 1.55. The van der Waals surface area contributed by atoms with Crippen LogP contribution < -0.4 is 9.47 Å². The van der Waals surface area contributed by atoms with E-state index in [0.717, 1.165) is 50.9 Å². The van der Waals surface area contributed by atoms with Crippen molar-refractivity contribution < 1.29 is 14.2 Å². The largest absolute Gasteiger partial charge is 0.493 e. The van der Waals surface area contributed by atoms with Gasteiger partial charge in [0.25, 0.3) is 0 Å². The fourth-order valence-electron chi connectivity index (χ4n) is 2.79. The van der Waals surface area contributed by atoms with Gasteiger partial charge in [-0.25, -0.2) is 0 Å². The fourth-order valence-corrected chi connectivity index (χ4v) is 2.79. The zero-order valence-corrected chi connectivity index (χ0v) is 12.7. The van der Waals surface area contributed by atoms with Gasteiger partial charge in [-0.3, -0.25) is 4.90 Å². The lowest BCUT2D eigenvalue weighted by atomic mass is 10.2. The van der Waals surface area contributed by atoms with Crippen LogP contribution in [0.2, 0.25) is 0 Å². The Morgan fingerprint density at radius 3 is 2.48 bits per heavy atom. The highest BCUT2D eigenvalue weighted by atomic mass is 16.5. The molecular weight excluding hydrogens is 268 g/mol. The van der Waals surface area contributed by atoms with Gasteiger partial charge in [0.2, 0.25) is 0 Å². The SMILES string of the molecule is COc1cc2ccn(CCN3CCOCC3)c2cc1OC. The molecule has 0 spiro atoms. The molecule has 114 valence electrons. The summed E-state index contributed by atoms with van der Waals surface area (Å²) in [7, 11) is 3.34. The summed E-state index contributed by atoms with van der Waals surface area (Å²) >= 11 is 0. The van der Waals surface area contributed by atoms with E-state index in [1.54, 1.807) is 14.2 Å². The number of rotatable bonds is 5. The smallest absolute Gasteiger partial charge is 0.162 e. The zero-order chi connectivity index (χ0) is 14.7. The first kappa shape index (κ1) is 14.2. The van der Waals surface area contributed by atoms with E-state index in [1.807, 2.05) is 12.1 Å². The normalized spacial score (nSPS) is 16.3. The molecule has 0 atom stereocenters. The van der Waals surface area contributed by atoms with E-state index in [-0.39, 0.29) is 0 Å². The number of aromatic nitrogens is 1. The maximum Gasteiger partial charge on any atom is 0.162 e. The van der Waals surface area contributed by atoms with Gasteiger partial charge in [-0.05, 0) is 12.1 Å². The van der Waals surface area contributed by atoms with Crippen LogP contribution in [0.4, 0.5) is 0 Å². The number of hydrogen-bond acceptors (Lipinski definition) is 4. The Morgan fingerprint density at radius 2 is 1.76 bits per heavy atom. The summed E-state index contributed by atoms with van der Waals surface area (Å²) in [4.78, 5) is 2.44. The predicted octanol–water partition coefficient (Wildman–Crippen LogP) is 1.99. The van der Waals surface area contributed by atoms with E-state index >= 15 is 0 Å². The van der Waals surface area contributed by atoms with Gasteiger partial charge in [0.15, 0.2) is 11.5 Å². The molecule has 3 rings (SSSR count). The van der Waals surface area contributed by atoms with Gasteiger partial charge in [-0.2, -0.15) is 0 Å². The van der Waals surface area contributed by atoms with E-state index in [4.69, 9.17) is 14.2 Å². The predicted molar refractivity (Wildman–Crippen MR) is 82.3 cm³/mol. The van der Waals surface area contributed by atoms with Gasteiger partial charge in [0.1, 0.15) is 0 Å². The summed E-state index contributed by atoms with van der Waals surface area (Å²) in [5.41, 5.74) is 1.18. The molecule has 2 heterocycles. The van der Waals surface area contributed by atoms with Crippen LogP contribution in [0.5, 0.6) is 11.5 Å². The van der Waals surface area contributed by atoms with Crippen molar-refractivity contribution in [1.29, 1.82) is 0 Å². The number of nitrogens with zero attached hydrogens (tertiary/aromatic N) is 2. The highest BCUT2D eigenvalue weighted by Gasteiger charge is 2.12. The van der Waals surface area contributed by atoms with Crippen LogP contribution >= 0.6 is 0 Å². The molecule has 0 bridgehead atoms. The van der Waals surface area contributed by atoms with E-state index < -0.39 is 0 Å². The second kappa shape index (κ2) is 6.37. The molecule has 1 aromatic carbocycles. The maximum absolute atomic E-state index is 5.40. The Kier molecular flexibility index (Phi) is 4.31. The number of morpholine rings is 1. The van der Waals surface area contributed by atoms with Gasteiger partial charge in [-0.1, -0.05) is 0 Å². The van der Waals surface area contributed by atoms with Gasteiger partial charge in [0, 0.05) is 43.8 Å². The van der Waals surface area contributed by atoms with Crippen molar-refractivity contribution in [1.82, 2.24) is 9.47 Å². The first-order chi connectivity index (χ1) is 10.3. The first-order valence-corrected chi connectivity index (χ1v) is 7.33. The van der Waals surface area contributed by atoms with E-state index in [2.05, 4.69) is 21.7 Å². The van der Waals surface area contributed by atoms with Crippen LogP contribution in [0.25, 0.3) is 10.9 Å². The fraction of sp³-hybridized carbons (Fsp3) is 0.500. The van der Waals surface area contributed by atoms with Gasteiger partial charge >= 0.3 is 0 Å².